The number of hydrogen-bond acceptors (Lipinski definition) is 4. The van der Waals surface area contributed by atoms with Gasteiger partial charge in [-0.3, -0.25) is 19.4 Å². The van der Waals surface area contributed by atoms with Gasteiger partial charge in [0.2, 0.25) is 5.91 Å². The van der Waals surface area contributed by atoms with E-state index in [1.165, 1.54) is 23.4 Å². The molecular formula is C11H10N2O4. The third kappa shape index (κ3) is 2.01. The minimum absolute atomic E-state index is 0.0392. The molecule has 1 N–H and O–H groups in total. The predicted molar refractivity (Wildman–Crippen MR) is 57.7 cm³/mol. The van der Waals surface area contributed by atoms with Crippen LogP contribution in [0.25, 0.3) is 0 Å². The van der Waals surface area contributed by atoms with E-state index in [-0.39, 0.29) is 18.9 Å². The zero-order chi connectivity index (χ0) is 12.4. The molecule has 0 aliphatic carbocycles. The average Bonchev–Trinajstić information content (AvgIpc) is 2.71. The summed E-state index contributed by atoms with van der Waals surface area (Å²) < 4.78 is 0. The van der Waals surface area contributed by atoms with Crippen molar-refractivity contribution in [3.63, 3.8) is 0 Å². The van der Waals surface area contributed by atoms with Gasteiger partial charge in [0.05, 0.1) is 17.8 Å². The average molecular weight is 234 g/mol. The topological polar surface area (TPSA) is 87.6 Å². The summed E-state index contributed by atoms with van der Waals surface area (Å²) in [4.78, 5) is 38.5. The fraction of sp³-hybridized carbons (Fsp3) is 0.273. The lowest BCUT2D eigenvalue weighted by Gasteiger charge is -2.17. The second-order valence-corrected chi connectivity index (χ2v) is 3.80. The molecule has 6 nitrogen and oxygen atoms in total. The van der Waals surface area contributed by atoms with Gasteiger partial charge >= 0.3 is 5.97 Å². The summed E-state index contributed by atoms with van der Waals surface area (Å²) in [7, 11) is 0. The van der Waals surface area contributed by atoms with Gasteiger partial charge in [-0.15, -0.1) is 0 Å². The number of aldehydes is 1. The Balaban J connectivity index is 2.32. The molecule has 1 amide bonds. The van der Waals surface area contributed by atoms with Crippen LogP contribution in [0.15, 0.2) is 18.5 Å². The van der Waals surface area contributed by atoms with Crippen LogP contribution in [-0.2, 0) is 9.59 Å². The molecule has 0 bridgehead atoms. The fourth-order valence-electron chi connectivity index (χ4n) is 1.83. The van der Waals surface area contributed by atoms with Gasteiger partial charge in [0.1, 0.15) is 0 Å². The third-order valence-electron chi connectivity index (χ3n) is 2.72. The van der Waals surface area contributed by atoms with Gasteiger partial charge < -0.3 is 10.0 Å². The first-order valence-corrected chi connectivity index (χ1v) is 5.06. The quantitative estimate of drug-likeness (QED) is 0.761. The number of amides is 1. The van der Waals surface area contributed by atoms with E-state index in [1.807, 2.05) is 0 Å². The minimum Gasteiger partial charge on any atom is -0.481 e. The Labute approximate surface area is 96.9 Å². The van der Waals surface area contributed by atoms with Gasteiger partial charge in [-0.2, -0.15) is 0 Å². The molecule has 88 valence electrons. The van der Waals surface area contributed by atoms with Gasteiger partial charge in [-0.1, -0.05) is 0 Å². The van der Waals surface area contributed by atoms with Gasteiger partial charge in [0.15, 0.2) is 6.29 Å². The molecule has 2 heterocycles. The molecule has 0 saturated carbocycles. The second kappa shape index (κ2) is 4.32. The van der Waals surface area contributed by atoms with Crippen LogP contribution in [0.2, 0.25) is 0 Å². The Kier molecular flexibility index (Phi) is 2.86. The smallest absolute Gasteiger partial charge is 0.308 e. The van der Waals surface area contributed by atoms with Gasteiger partial charge in [0, 0.05) is 24.7 Å². The Morgan fingerprint density at radius 3 is 2.94 bits per heavy atom. The highest BCUT2D eigenvalue weighted by Crippen LogP contribution is 2.26. The molecule has 1 saturated heterocycles. The number of carboxylic acid groups (broad SMARTS) is 1. The van der Waals surface area contributed by atoms with Gasteiger partial charge in [-0.05, 0) is 6.07 Å². The number of nitrogens with zero attached hydrogens (tertiary/aromatic N) is 2. The summed E-state index contributed by atoms with van der Waals surface area (Å²) in [5.74, 6) is -2.02. The molecule has 1 fully saturated rings. The molecule has 1 atom stereocenters. The van der Waals surface area contributed by atoms with E-state index in [0.717, 1.165) is 0 Å². The number of aromatic nitrogens is 1. The number of aliphatic carboxylic acids is 1. The Morgan fingerprint density at radius 1 is 1.59 bits per heavy atom. The van der Waals surface area contributed by atoms with E-state index in [0.29, 0.717) is 17.5 Å². The van der Waals surface area contributed by atoms with E-state index >= 15 is 0 Å². The molecule has 0 aromatic carbocycles. The van der Waals surface area contributed by atoms with Crippen LogP contribution in [0.1, 0.15) is 16.8 Å². The van der Waals surface area contributed by atoms with Crippen molar-refractivity contribution in [3.05, 3.63) is 24.0 Å². The second-order valence-electron chi connectivity index (χ2n) is 3.80. The zero-order valence-corrected chi connectivity index (χ0v) is 8.87. The van der Waals surface area contributed by atoms with E-state index in [1.54, 1.807) is 0 Å². The molecule has 17 heavy (non-hydrogen) atoms. The lowest BCUT2D eigenvalue weighted by atomic mass is 10.1. The number of anilines is 1. The van der Waals surface area contributed by atoms with Crippen LogP contribution in [0.5, 0.6) is 0 Å². The molecule has 2 rings (SSSR count). The van der Waals surface area contributed by atoms with Crippen molar-refractivity contribution in [2.45, 2.75) is 6.42 Å². The summed E-state index contributed by atoms with van der Waals surface area (Å²) in [5, 5.41) is 8.86. The third-order valence-corrected chi connectivity index (χ3v) is 2.72. The van der Waals surface area contributed by atoms with Crippen LogP contribution < -0.4 is 4.90 Å². The standard InChI is InChI=1S/C11H10N2O4/c14-6-7-1-2-12-4-9(7)13-5-8(11(16)17)3-10(13)15/h1-2,4,6,8H,3,5H2,(H,16,17). The summed E-state index contributed by atoms with van der Waals surface area (Å²) in [5.41, 5.74) is 0.704. The van der Waals surface area contributed by atoms with Crippen molar-refractivity contribution in [1.82, 2.24) is 4.98 Å². The van der Waals surface area contributed by atoms with Crippen LogP contribution in [0.3, 0.4) is 0 Å². The molecule has 6 heteroatoms. The maximum Gasteiger partial charge on any atom is 0.308 e. The monoisotopic (exact) mass is 234 g/mol. The number of carbonyl (C=O) groups is 3. The maximum absolute atomic E-state index is 11.7. The predicted octanol–water partition coefficient (Wildman–Crippen LogP) is 0.332. The molecular weight excluding hydrogens is 224 g/mol. The van der Waals surface area contributed by atoms with Crippen molar-refractivity contribution < 1.29 is 19.5 Å². The Hall–Kier alpha value is -2.24. The minimum atomic E-state index is -1.00. The van der Waals surface area contributed by atoms with Gasteiger partial charge in [0.25, 0.3) is 0 Å². The number of pyridine rings is 1. The van der Waals surface area contributed by atoms with Crippen LogP contribution in [0, 0.1) is 5.92 Å². The van der Waals surface area contributed by atoms with E-state index in [9.17, 15) is 14.4 Å². The Morgan fingerprint density at radius 2 is 2.35 bits per heavy atom. The number of hydrogen-bond donors (Lipinski definition) is 1. The van der Waals surface area contributed by atoms with E-state index in [2.05, 4.69) is 4.98 Å². The molecule has 0 radical (unpaired) electrons. The first kappa shape index (κ1) is 11.3. The molecule has 1 aromatic rings. The first-order chi connectivity index (χ1) is 8.13. The molecule has 1 aliphatic heterocycles. The van der Waals surface area contributed by atoms with E-state index in [4.69, 9.17) is 5.11 Å². The lowest BCUT2D eigenvalue weighted by molar-refractivity contribution is -0.141. The highest BCUT2D eigenvalue weighted by atomic mass is 16.4. The number of rotatable bonds is 3. The molecule has 0 spiro atoms. The Bertz CT molecular complexity index is 486. The van der Waals surface area contributed by atoms with E-state index < -0.39 is 11.9 Å². The zero-order valence-electron chi connectivity index (χ0n) is 8.87. The highest BCUT2D eigenvalue weighted by molar-refractivity contribution is 6.02. The number of carbonyl (C=O) groups excluding carboxylic acids is 2. The van der Waals surface area contributed by atoms with Crippen LogP contribution >= 0.6 is 0 Å². The van der Waals surface area contributed by atoms with Crippen molar-refractivity contribution in [1.29, 1.82) is 0 Å². The molecule has 1 aromatic heterocycles. The highest BCUT2D eigenvalue weighted by Gasteiger charge is 2.35. The van der Waals surface area contributed by atoms with Crippen molar-refractivity contribution in [2.24, 2.45) is 5.92 Å². The van der Waals surface area contributed by atoms with Crippen LogP contribution in [0.4, 0.5) is 5.69 Å². The van der Waals surface area contributed by atoms with Crippen LogP contribution in [-0.4, -0.2) is 34.8 Å². The summed E-state index contributed by atoms with van der Waals surface area (Å²) in [6.45, 7) is 0.0840. The van der Waals surface area contributed by atoms with Crippen molar-refractivity contribution >= 4 is 23.9 Å². The molecule has 1 unspecified atom stereocenters. The molecule has 1 aliphatic rings. The van der Waals surface area contributed by atoms with Crippen molar-refractivity contribution in [2.75, 3.05) is 11.4 Å². The van der Waals surface area contributed by atoms with Crippen molar-refractivity contribution in [3.8, 4) is 0 Å². The first-order valence-electron chi connectivity index (χ1n) is 5.06. The fourth-order valence-corrected chi connectivity index (χ4v) is 1.83. The summed E-state index contributed by atoms with van der Waals surface area (Å²) in [6.07, 6.45) is 3.43. The summed E-state index contributed by atoms with van der Waals surface area (Å²) in [6, 6.07) is 1.49. The summed E-state index contributed by atoms with van der Waals surface area (Å²) >= 11 is 0. The normalized spacial score (nSPS) is 19.4. The largest absolute Gasteiger partial charge is 0.481 e. The maximum atomic E-state index is 11.7. The van der Waals surface area contributed by atoms with Gasteiger partial charge in [-0.25, -0.2) is 0 Å². The lowest BCUT2D eigenvalue weighted by Crippen LogP contribution is -2.26. The number of carboxylic acids is 1. The SMILES string of the molecule is O=Cc1ccncc1N1CC(C(=O)O)CC1=O.